The lowest BCUT2D eigenvalue weighted by Gasteiger charge is -2.26. The van der Waals surface area contributed by atoms with Crippen molar-refractivity contribution in [2.45, 2.75) is 19.3 Å². The summed E-state index contributed by atoms with van der Waals surface area (Å²) < 4.78 is 0. The molecule has 0 heterocycles. The van der Waals surface area contributed by atoms with Gasteiger partial charge >= 0.3 is 0 Å². The molecule has 1 unspecified atom stereocenters. The second-order valence-corrected chi connectivity index (χ2v) is 4.14. The first-order chi connectivity index (χ1) is 6.95. The summed E-state index contributed by atoms with van der Waals surface area (Å²) in [6.07, 6.45) is 11.0. The molecule has 0 saturated carbocycles. The average molecular weight is 182 g/mol. The molecule has 0 saturated heterocycles. The van der Waals surface area contributed by atoms with Crippen molar-refractivity contribution in [1.29, 1.82) is 0 Å². The number of hydrogen-bond acceptors (Lipinski definition) is 0. The van der Waals surface area contributed by atoms with E-state index < -0.39 is 0 Å². The quantitative estimate of drug-likeness (QED) is 0.571. The Morgan fingerprint density at radius 2 is 2.07 bits per heavy atom. The molecule has 0 N–H and O–H groups in total. The van der Waals surface area contributed by atoms with E-state index in [0.29, 0.717) is 5.92 Å². The molecule has 0 heteroatoms. The van der Waals surface area contributed by atoms with Crippen LogP contribution in [0.2, 0.25) is 0 Å². The minimum Gasteiger partial charge on any atom is -0.0801 e. The summed E-state index contributed by atoms with van der Waals surface area (Å²) in [7, 11) is 0. The van der Waals surface area contributed by atoms with Crippen LogP contribution >= 0.6 is 0 Å². The SMILES string of the molecule is C1=CC2CCCC=C2c2ccccc21. The van der Waals surface area contributed by atoms with Gasteiger partial charge in [-0.25, -0.2) is 0 Å². The lowest BCUT2D eigenvalue weighted by molar-refractivity contribution is 0.646. The molecule has 0 radical (unpaired) electrons. The van der Waals surface area contributed by atoms with Crippen LogP contribution in [-0.2, 0) is 0 Å². The normalized spacial score (nSPS) is 23.7. The zero-order valence-corrected chi connectivity index (χ0v) is 8.24. The van der Waals surface area contributed by atoms with Gasteiger partial charge in [-0.15, -0.1) is 0 Å². The van der Waals surface area contributed by atoms with Crippen LogP contribution in [-0.4, -0.2) is 0 Å². The van der Waals surface area contributed by atoms with Crippen LogP contribution < -0.4 is 0 Å². The van der Waals surface area contributed by atoms with Crippen molar-refractivity contribution in [1.82, 2.24) is 0 Å². The Labute approximate surface area is 85.0 Å². The molecule has 70 valence electrons. The van der Waals surface area contributed by atoms with E-state index in [1.54, 1.807) is 5.57 Å². The topological polar surface area (TPSA) is 0 Å². The molecule has 14 heavy (non-hydrogen) atoms. The van der Waals surface area contributed by atoms with Crippen LogP contribution in [0.5, 0.6) is 0 Å². The third-order valence-corrected chi connectivity index (χ3v) is 3.26. The molecule has 2 aliphatic rings. The Hall–Kier alpha value is -1.30. The standard InChI is InChI=1S/C14H14/c1-3-7-13-11(5-1)9-10-12-6-2-4-8-14(12)13/h1,3,5,7-10,12H,2,4,6H2. The molecular weight excluding hydrogens is 168 g/mol. The summed E-state index contributed by atoms with van der Waals surface area (Å²) in [6.45, 7) is 0. The maximum Gasteiger partial charge on any atom is 0.00244 e. The van der Waals surface area contributed by atoms with Gasteiger partial charge in [-0.2, -0.15) is 0 Å². The van der Waals surface area contributed by atoms with Gasteiger partial charge in [-0.1, -0.05) is 42.5 Å². The van der Waals surface area contributed by atoms with Gasteiger partial charge in [0.05, 0.1) is 0 Å². The summed E-state index contributed by atoms with van der Waals surface area (Å²) in [5.74, 6) is 0.693. The fourth-order valence-corrected chi connectivity index (χ4v) is 2.54. The Kier molecular flexibility index (Phi) is 1.80. The van der Waals surface area contributed by atoms with E-state index >= 15 is 0 Å². The van der Waals surface area contributed by atoms with Gasteiger partial charge < -0.3 is 0 Å². The molecule has 0 fully saturated rings. The first kappa shape index (κ1) is 8.05. The predicted molar refractivity (Wildman–Crippen MR) is 60.8 cm³/mol. The molecule has 0 aliphatic heterocycles. The van der Waals surface area contributed by atoms with Gasteiger partial charge in [0.2, 0.25) is 0 Å². The van der Waals surface area contributed by atoms with Crippen molar-refractivity contribution in [2.75, 3.05) is 0 Å². The smallest absolute Gasteiger partial charge is 0.00244 e. The molecule has 0 bridgehead atoms. The van der Waals surface area contributed by atoms with Crippen LogP contribution in [0.15, 0.2) is 36.4 Å². The summed E-state index contributed by atoms with van der Waals surface area (Å²) in [5.41, 5.74) is 4.41. The third kappa shape index (κ3) is 1.14. The maximum atomic E-state index is 2.43. The molecule has 1 aromatic carbocycles. The molecule has 1 aromatic rings. The highest BCUT2D eigenvalue weighted by molar-refractivity contribution is 5.81. The Bertz CT molecular complexity index is 410. The zero-order valence-electron chi connectivity index (χ0n) is 8.24. The van der Waals surface area contributed by atoms with Crippen LogP contribution in [0, 0.1) is 5.92 Å². The summed E-state index contributed by atoms with van der Waals surface area (Å²) in [6, 6.07) is 8.72. The monoisotopic (exact) mass is 182 g/mol. The molecule has 0 spiro atoms. The Morgan fingerprint density at radius 3 is 3.07 bits per heavy atom. The molecule has 0 aromatic heterocycles. The van der Waals surface area contributed by atoms with Crippen molar-refractivity contribution in [3.63, 3.8) is 0 Å². The highest BCUT2D eigenvalue weighted by Gasteiger charge is 2.20. The fraction of sp³-hybridized carbons (Fsp3) is 0.286. The van der Waals surface area contributed by atoms with Crippen LogP contribution in [0.4, 0.5) is 0 Å². The van der Waals surface area contributed by atoms with Gasteiger partial charge in [0.25, 0.3) is 0 Å². The van der Waals surface area contributed by atoms with Crippen molar-refractivity contribution < 1.29 is 0 Å². The highest BCUT2D eigenvalue weighted by atomic mass is 14.2. The summed E-state index contributed by atoms with van der Waals surface area (Å²) in [5, 5.41) is 0. The van der Waals surface area contributed by atoms with Crippen LogP contribution in [0.25, 0.3) is 11.6 Å². The van der Waals surface area contributed by atoms with Gasteiger partial charge in [-0.3, -0.25) is 0 Å². The third-order valence-electron chi connectivity index (χ3n) is 3.26. The lowest BCUT2D eigenvalue weighted by Crippen LogP contribution is -2.09. The molecule has 0 nitrogen and oxygen atoms in total. The summed E-state index contributed by atoms with van der Waals surface area (Å²) in [4.78, 5) is 0. The molecular formula is C14H14. The zero-order chi connectivity index (χ0) is 9.38. The van der Waals surface area contributed by atoms with Crippen molar-refractivity contribution >= 4 is 11.6 Å². The number of rotatable bonds is 0. The molecule has 2 aliphatic carbocycles. The van der Waals surface area contributed by atoms with E-state index in [2.05, 4.69) is 42.5 Å². The number of hydrogen-bond donors (Lipinski definition) is 0. The first-order valence-electron chi connectivity index (χ1n) is 5.43. The largest absolute Gasteiger partial charge is 0.0801 e. The number of fused-ring (bicyclic) bond motifs is 3. The van der Waals surface area contributed by atoms with Crippen molar-refractivity contribution in [2.24, 2.45) is 5.92 Å². The van der Waals surface area contributed by atoms with E-state index in [0.717, 1.165) is 0 Å². The predicted octanol–water partition coefficient (Wildman–Crippen LogP) is 3.90. The van der Waals surface area contributed by atoms with E-state index in [4.69, 9.17) is 0 Å². The molecule has 0 amide bonds. The highest BCUT2D eigenvalue weighted by Crippen LogP contribution is 2.38. The van der Waals surface area contributed by atoms with Crippen LogP contribution in [0.1, 0.15) is 30.4 Å². The van der Waals surface area contributed by atoms with Crippen LogP contribution in [0.3, 0.4) is 0 Å². The molecule has 3 rings (SSSR count). The fourth-order valence-electron chi connectivity index (χ4n) is 2.54. The number of benzene rings is 1. The van der Waals surface area contributed by atoms with E-state index in [9.17, 15) is 0 Å². The second kappa shape index (κ2) is 3.13. The Morgan fingerprint density at radius 1 is 1.14 bits per heavy atom. The van der Waals surface area contributed by atoms with Gasteiger partial charge in [0, 0.05) is 5.92 Å². The lowest BCUT2D eigenvalue weighted by atomic mass is 9.78. The first-order valence-corrected chi connectivity index (χ1v) is 5.43. The minimum absolute atomic E-state index is 0.693. The second-order valence-electron chi connectivity index (χ2n) is 4.14. The number of allylic oxidation sites excluding steroid dienone is 3. The minimum atomic E-state index is 0.693. The van der Waals surface area contributed by atoms with Crippen molar-refractivity contribution in [3.8, 4) is 0 Å². The van der Waals surface area contributed by atoms with E-state index in [1.165, 1.54) is 30.4 Å². The van der Waals surface area contributed by atoms with Gasteiger partial charge in [0.15, 0.2) is 0 Å². The van der Waals surface area contributed by atoms with Crippen molar-refractivity contribution in [3.05, 3.63) is 47.5 Å². The summed E-state index contributed by atoms with van der Waals surface area (Å²) >= 11 is 0. The maximum absolute atomic E-state index is 2.43. The van der Waals surface area contributed by atoms with E-state index in [1.807, 2.05) is 0 Å². The van der Waals surface area contributed by atoms with Gasteiger partial charge in [-0.05, 0) is 36.0 Å². The average Bonchev–Trinajstić information content (AvgIpc) is 2.29. The van der Waals surface area contributed by atoms with E-state index in [-0.39, 0.29) is 0 Å². The van der Waals surface area contributed by atoms with Gasteiger partial charge in [0.1, 0.15) is 0 Å². The Balaban J connectivity index is 2.17. The molecule has 1 atom stereocenters.